The molecule has 0 amide bonds. The molecular formula is C12H16ClNS. The Morgan fingerprint density at radius 1 is 1.47 bits per heavy atom. The third-order valence-corrected chi connectivity index (χ3v) is 4.43. The maximum atomic E-state index is 6.26. The summed E-state index contributed by atoms with van der Waals surface area (Å²) >= 11 is 8.21. The lowest BCUT2D eigenvalue weighted by Gasteiger charge is -2.15. The Balaban J connectivity index is 2.48. The van der Waals surface area contributed by atoms with Crippen molar-refractivity contribution in [2.75, 3.05) is 0 Å². The Hall–Kier alpha value is -0.180. The van der Waals surface area contributed by atoms with Crippen LogP contribution in [0.15, 0.2) is 12.1 Å². The maximum Gasteiger partial charge on any atom is 0.0452 e. The molecule has 2 N–H and O–H groups in total. The van der Waals surface area contributed by atoms with Gasteiger partial charge in [-0.15, -0.1) is 0 Å². The normalized spacial score (nSPS) is 25.9. The van der Waals surface area contributed by atoms with E-state index in [1.54, 1.807) is 0 Å². The summed E-state index contributed by atoms with van der Waals surface area (Å²) in [6, 6.07) is 4.36. The average Bonchev–Trinajstić information content (AvgIpc) is 2.27. The number of fused-ring (bicyclic) bond motifs is 1. The second kappa shape index (κ2) is 4.36. The Bertz CT molecular complexity index is 378. The molecule has 0 spiro atoms. The van der Waals surface area contributed by atoms with Gasteiger partial charge in [-0.1, -0.05) is 24.6 Å². The van der Waals surface area contributed by atoms with Crippen molar-refractivity contribution in [3.63, 3.8) is 0 Å². The molecule has 15 heavy (non-hydrogen) atoms. The highest BCUT2D eigenvalue weighted by Gasteiger charge is 2.21. The van der Waals surface area contributed by atoms with E-state index >= 15 is 0 Å². The first-order valence-corrected chi connectivity index (χ1v) is 6.66. The van der Waals surface area contributed by atoms with Gasteiger partial charge in [-0.05, 0) is 36.1 Å². The van der Waals surface area contributed by atoms with Crippen LogP contribution in [-0.4, -0.2) is 5.25 Å². The molecule has 1 nitrogen and oxygen atoms in total. The Labute approximate surface area is 100 Å². The van der Waals surface area contributed by atoms with E-state index < -0.39 is 0 Å². The summed E-state index contributed by atoms with van der Waals surface area (Å²) in [5.74, 6) is 0.989. The van der Waals surface area contributed by atoms with Crippen molar-refractivity contribution in [3.8, 4) is 0 Å². The molecule has 1 aromatic rings. The minimum Gasteiger partial charge on any atom is -0.324 e. The van der Waals surface area contributed by atoms with Gasteiger partial charge in [-0.2, -0.15) is 11.8 Å². The summed E-state index contributed by atoms with van der Waals surface area (Å²) in [5.41, 5.74) is 9.89. The monoisotopic (exact) mass is 241 g/mol. The highest BCUT2D eigenvalue weighted by atomic mass is 35.5. The van der Waals surface area contributed by atoms with Gasteiger partial charge in [0.2, 0.25) is 0 Å². The summed E-state index contributed by atoms with van der Waals surface area (Å²) in [5, 5.41) is 1.49. The zero-order valence-electron chi connectivity index (χ0n) is 9.09. The molecule has 0 bridgehead atoms. The van der Waals surface area contributed by atoms with Crippen molar-refractivity contribution in [2.45, 2.75) is 37.3 Å². The van der Waals surface area contributed by atoms with E-state index in [2.05, 4.69) is 19.9 Å². The molecule has 3 heteroatoms. The molecule has 0 fully saturated rings. The standard InChI is InChI=1S/C12H16ClNS/c1-7-3-9-10(11(13)4-7)6-15-8(2)5-12(9)14/h3-4,8,12H,5-6,14H2,1-2H3/t8?,12-/m1/s1. The number of hydrogen-bond donors (Lipinski definition) is 1. The van der Waals surface area contributed by atoms with Crippen LogP contribution in [0.3, 0.4) is 0 Å². The summed E-state index contributed by atoms with van der Waals surface area (Å²) in [6.07, 6.45) is 1.04. The topological polar surface area (TPSA) is 26.0 Å². The quantitative estimate of drug-likeness (QED) is 0.750. The van der Waals surface area contributed by atoms with E-state index in [0.29, 0.717) is 5.25 Å². The second-order valence-electron chi connectivity index (χ2n) is 4.28. The molecular weight excluding hydrogens is 226 g/mol. The number of rotatable bonds is 0. The van der Waals surface area contributed by atoms with Crippen molar-refractivity contribution in [3.05, 3.63) is 33.8 Å². The van der Waals surface area contributed by atoms with Crippen LogP contribution in [0.25, 0.3) is 0 Å². The summed E-state index contributed by atoms with van der Waals surface area (Å²) in [7, 11) is 0. The van der Waals surface area contributed by atoms with E-state index in [-0.39, 0.29) is 6.04 Å². The van der Waals surface area contributed by atoms with Gasteiger partial charge in [-0.25, -0.2) is 0 Å². The van der Waals surface area contributed by atoms with Crippen LogP contribution in [0.4, 0.5) is 0 Å². The van der Waals surface area contributed by atoms with E-state index in [4.69, 9.17) is 17.3 Å². The van der Waals surface area contributed by atoms with Crippen molar-refractivity contribution < 1.29 is 0 Å². The Morgan fingerprint density at radius 3 is 2.93 bits per heavy atom. The van der Waals surface area contributed by atoms with Gasteiger partial charge in [0.15, 0.2) is 0 Å². The number of thioether (sulfide) groups is 1. The molecule has 2 atom stereocenters. The molecule has 1 aliphatic heterocycles. The molecule has 82 valence electrons. The van der Waals surface area contributed by atoms with Gasteiger partial charge >= 0.3 is 0 Å². The zero-order chi connectivity index (χ0) is 11.0. The predicted molar refractivity (Wildman–Crippen MR) is 68.5 cm³/mol. The lowest BCUT2D eigenvalue weighted by Crippen LogP contribution is -2.14. The van der Waals surface area contributed by atoms with Crippen LogP contribution in [0, 0.1) is 6.92 Å². The molecule has 1 heterocycles. The average molecular weight is 242 g/mol. The fourth-order valence-corrected chi connectivity index (χ4v) is 3.60. The second-order valence-corrected chi connectivity index (χ2v) is 6.11. The largest absolute Gasteiger partial charge is 0.324 e. The molecule has 0 radical (unpaired) electrons. The van der Waals surface area contributed by atoms with Crippen LogP contribution in [0.5, 0.6) is 0 Å². The predicted octanol–water partition coefficient (Wildman–Crippen LogP) is 3.67. The third-order valence-electron chi connectivity index (χ3n) is 2.87. The number of aryl methyl sites for hydroxylation is 1. The van der Waals surface area contributed by atoms with E-state index in [1.165, 1.54) is 16.7 Å². The Kier molecular flexibility index (Phi) is 3.29. The van der Waals surface area contributed by atoms with Gasteiger partial charge in [0, 0.05) is 22.1 Å². The highest BCUT2D eigenvalue weighted by Crippen LogP contribution is 2.37. The summed E-state index contributed by atoms with van der Waals surface area (Å²) < 4.78 is 0. The number of benzene rings is 1. The minimum absolute atomic E-state index is 0.141. The Morgan fingerprint density at radius 2 is 2.20 bits per heavy atom. The smallest absolute Gasteiger partial charge is 0.0452 e. The first-order valence-electron chi connectivity index (χ1n) is 5.24. The highest BCUT2D eigenvalue weighted by molar-refractivity contribution is 7.99. The SMILES string of the molecule is Cc1cc(Cl)c2c(c1)[C@H](N)CC(C)SC2. The number of halogens is 1. The van der Waals surface area contributed by atoms with Crippen LogP contribution in [0.2, 0.25) is 5.02 Å². The maximum absolute atomic E-state index is 6.26. The van der Waals surface area contributed by atoms with Crippen molar-refractivity contribution >= 4 is 23.4 Å². The molecule has 0 aliphatic carbocycles. The van der Waals surface area contributed by atoms with Gasteiger partial charge in [0.05, 0.1) is 0 Å². The van der Waals surface area contributed by atoms with Crippen LogP contribution < -0.4 is 5.73 Å². The van der Waals surface area contributed by atoms with Crippen molar-refractivity contribution in [1.29, 1.82) is 0 Å². The molecule has 1 aromatic carbocycles. The third kappa shape index (κ3) is 2.32. The molecule has 0 aromatic heterocycles. The molecule has 2 rings (SSSR count). The fourth-order valence-electron chi connectivity index (χ4n) is 2.06. The number of nitrogens with two attached hydrogens (primary N) is 1. The van der Waals surface area contributed by atoms with E-state index in [1.807, 2.05) is 17.8 Å². The van der Waals surface area contributed by atoms with Gasteiger partial charge in [-0.3, -0.25) is 0 Å². The first-order chi connectivity index (χ1) is 7.08. The van der Waals surface area contributed by atoms with Crippen molar-refractivity contribution in [1.82, 2.24) is 0 Å². The molecule has 1 aliphatic rings. The minimum atomic E-state index is 0.141. The van der Waals surface area contributed by atoms with Crippen LogP contribution >= 0.6 is 23.4 Å². The van der Waals surface area contributed by atoms with Gasteiger partial charge in [0.1, 0.15) is 0 Å². The van der Waals surface area contributed by atoms with Gasteiger partial charge in [0.25, 0.3) is 0 Å². The molecule has 0 saturated heterocycles. The lowest BCUT2D eigenvalue weighted by molar-refractivity contribution is 0.650. The summed E-state index contributed by atoms with van der Waals surface area (Å²) in [4.78, 5) is 0. The summed E-state index contributed by atoms with van der Waals surface area (Å²) in [6.45, 7) is 4.30. The number of hydrogen-bond acceptors (Lipinski definition) is 2. The molecule has 0 saturated carbocycles. The van der Waals surface area contributed by atoms with Gasteiger partial charge < -0.3 is 5.73 Å². The van der Waals surface area contributed by atoms with E-state index in [9.17, 15) is 0 Å². The fraction of sp³-hybridized carbons (Fsp3) is 0.500. The zero-order valence-corrected chi connectivity index (χ0v) is 10.7. The van der Waals surface area contributed by atoms with Crippen LogP contribution in [0.1, 0.15) is 36.1 Å². The molecule has 1 unspecified atom stereocenters. The van der Waals surface area contributed by atoms with Crippen LogP contribution in [-0.2, 0) is 5.75 Å². The van der Waals surface area contributed by atoms with E-state index in [0.717, 1.165) is 17.2 Å². The first kappa shape index (κ1) is 11.3. The lowest BCUT2D eigenvalue weighted by atomic mass is 9.96. The van der Waals surface area contributed by atoms with Crippen molar-refractivity contribution in [2.24, 2.45) is 5.73 Å².